The monoisotopic (exact) mass is 281 g/mol. The first-order valence-electron chi connectivity index (χ1n) is 5.84. The van der Waals surface area contributed by atoms with Crippen molar-refractivity contribution in [2.45, 2.75) is 26.3 Å². The highest BCUT2D eigenvalue weighted by molar-refractivity contribution is 6.30. The van der Waals surface area contributed by atoms with E-state index in [1.165, 1.54) is 6.21 Å². The van der Waals surface area contributed by atoms with Crippen molar-refractivity contribution >= 4 is 29.6 Å². The summed E-state index contributed by atoms with van der Waals surface area (Å²) in [7, 11) is 0. The highest BCUT2D eigenvalue weighted by Crippen LogP contribution is 2.07. The summed E-state index contributed by atoms with van der Waals surface area (Å²) in [6.07, 6.45) is 1.24. The van der Waals surface area contributed by atoms with E-state index < -0.39 is 5.91 Å². The SMILES string of the molecule is CC(C)NC(=O)CC(=O)N/N=C\c1ccc(Cl)cc1. The normalized spacial score (nSPS) is 10.7. The standard InChI is InChI=1S/C13H16ClN3O2/c1-9(2)16-12(18)7-13(19)17-15-8-10-3-5-11(14)6-4-10/h3-6,8-9H,7H2,1-2H3,(H,16,18)(H,17,19)/b15-8-. The molecule has 0 spiro atoms. The first-order chi connectivity index (χ1) is 8.97. The average Bonchev–Trinajstić information content (AvgIpc) is 2.30. The number of nitrogens with one attached hydrogen (secondary N) is 2. The van der Waals surface area contributed by atoms with Gasteiger partial charge in [0.2, 0.25) is 11.8 Å². The van der Waals surface area contributed by atoms with E-state index in [0.29, 0.717) is 5.02 Å². The van der Waals surface area contributed by atoms with Gasteiger partial charge in [-0.3, -0.25) is 9.59 Å². The topological polar surface area (TPSA) is 70.6 Å². The van der Waals surface area contributed by atoms with Crippen LogP contribution in [0.4, 0.5) is 0 Å². The van der Waals surface area contributed by atoms with Gasteiger partial charge in [-0.25, -0.2) is 5.43 Å². The van der Waals surface area contributed by atoms with E-state index in [4.69, 9.17) is 11.6 Å². The van der Waals surface area contributed by atoms with E-state index in [0.717, 1.165) is 5.56 Å². The maximum Gasteiger partial charge on any atom is 0.249 e. The Hall–Kier alpha value is -1.88. The molecule has 1 aromatic carbocycles. The minimum atomic E-state index is -0.455. The van der Waals surface area contributed by atoms with Crippen molar-refractivity contribution in [3.8, 4) is 0 Å². The quantitative estimate of drug-likeness (QED) is 0.490. The maximum atomic E-state index is 11.4. The number of benzene rings is 1. The van der Waals surface area contributed by atoms with Crippen molar-refractivity contribution in [1.82, 2.24) is 10.7 Å². The lowest BCUT2D eigenvalue weighted by molar-refractivity contribution is -0.129. The molecule has 0 saturated heterocycles. The van der Waals surface area contributed by atoms with Crippen LogP contribution >= 0.6 is 11.6 Å². The van der Waals surface area contributed by atoms with Crippen molar-refractivity contribution in [2.24, 2.45) is 5.10 Å². The van der Waals surface area contributed by atoms with Gasteiger partial charge in [0.05, 0.1) is 6.21 Å². The Kier molecular flexibility index (Phi) is 6.02. The number of hydrazone groups is 1. The van der Waals surface area contributed by atoms with Crippen LogP contribution in [0.1, 0.15) is 25.8 Å². The smallest absolute Gasteiger partial charge is 0.249 e. The lowest BCUT2D eigenvalue weighted by atomic mass is 10.2. The second kappa shape index (κ2) is 7.53. The summed E-state index contributed by atoms with van der Waals surface area (Å²) in [6.45, 7) is 3.66. The van der Waals surface area contributed by atoms with Crippen LogP contribution in [0.15, 0.2) is 29.4 Å². The molecule has 0 unspecified atom stereocenters. The van der Waals surface area contributed by atoms with Crippen LogP contribution in [0.25, 0.3) is 0 Å². The fourth-order valence-electron chi connectivity index (χ4n) is 1.29. The lowest BCUT2D eigenvalue weighted by Gasteiger charge is -2.06. The molecular weight excluding hydrogens is 266 g/mol. The Balaban J connectivity index is 2.37. The second-order valence-electron chi connectivity index (χ2n) is 4.24. The summed E-state index contributed by atoms with van der Waals surface area (Å²) < 4.78 is 0. The summed E-state index contributed by atoms with van der Waals surface area (Å²) in [4.78, 5) is 22.7. The summed E-state index contributed by atoms with van der Waals surface area (Å²) in [5.41, 5.74) is 3.09. The molecule has 0 heterocycles. The third kappa shape index (κ3) is 6.57. The largest absolute Gasteiger partial charge is 0.353 e. The van der Waals surface area contributed by atoms with Crippen molar-refractivity contribution in [3.63, 3.8) is 0 Å². The molecule has 0 saturated carbocycles. The van der Waals surface area contributed by atoms with Crippen molar-refractivity contribution in [1.29, 1.82) is 0 Å². The molecule has 19 heavy (non-hydrogen) atoms. The molecule has 2 N–H and O–H groups in total. The Morgan fingerprint density at radius 2 is 1.89 bits per heavy atom. The molecule has 2 amide bonds. The zero-order valence-corrected chi connectivity index (χ0v) is 11.6. The molecule has 102 valence electrons. The molecule has 0 aliphatic carbocycles. The lowest BCUT2D eigenvalue weighted by Crippen LogP contribution is -2.34. The van der Waals surface area contributed by atoms with Crippen LogP contribution in [0.3, 0.4) is 0 Å². The molecule has 0 radical (unpaired) electrons. The molecule has 6 heteroatoms. The van der Waals surface area contributed by atoms with E-state index in [9.17, 15) is 9.59 Å². The molecule has 0 aromatic heterocycles. The number of nitrogens with zero attached hydrogens (tertiary/aromatic N) is 1. The molecule has 1 aromatic rings. The van der Waals surface area contributed by atoms with E-state index in [1.54, 1.807) is 24.3 Å². The van der Waals surface area contributed by atoms with E-state index in [-0.39, 0.29) is 18.4 Å². The Bertz CT molecular complexity index is 469. The zero-order valence-electron chi connectivity index (χ0n) is 10.8. The molecule has 5 nitrogen and oxygen atoms in total. The third-order valence-corrected chi connectivity index (χ3v) is 2.30. The van der Waals surface area contributed by atoms with Crippen LogP contribution < -0.4 is 10.7 Å². The maximum absolute atomic E-state index is 11.4. The summed E-state index contributed by atoms with van der Waals surface area (Å²) in [5, 5.41) is 7.01. The van der Waals surface area contributed by atoms with Gasteiger partial charge in [-0.1, -0.05) is 23.7 Å². The second-order valence-corrected chi connectivity index (χ2v) is 4.68. The predicted molar refractivity (Wildman–Crippen MR) is 75.1 cm³/mol. The number of hydrogen-bond acceptors (Lipinski definition) is 3. The number of carbonyl (C=O) groups is 2. The fourth-order valence-corrected chi connectivity index (χ4v) is 1.41. The van der Waals surface area contributed by atoms with Gasteiger partial charge in [-0.15, -0.1) is 0 Å². The van der Waals surface area contributed by atoms with Gasteiger partial charge >= 0.3 is 0 Å². The minimum absolute atomic E-state index is 0.0119. The molecule has 0 aliphatic heterocycles. The average molecular weight is 282 g/mol. The Morgan fingerprint density at radius 3 is 2.47 bits per heavy atom. The minimum Gasteiger partial charge on any atom is -0.353 e. The van der Waals surface area contributed by atoms with E-state index in [1.807, 2.05) is 13.8 Å². The molecule has 0 bridgehead atoms. The summed E-state index contributed by atoms with van der Waals surface area (Å²) in [5.74, 6) is -0.780. The fraction of sp³-hybridized carbons (Fsp3) is 0.308. The zero-order chi connectivity index (χ0) is 14.3. The van der Waals surface area contributed by atoms with Crippen LogP contribution in [0.2, 0.25) is 5.02 Å². The molecule has 0 fully saturated rings. The third-order valence-electron chi connectivity index (χ3n) is 2.04. The highest BCUT2D eigenvalue weighted by atomic mass is 35.5. The van der Waals surface area contributed by atoms with Crippen LogP contribution in [0, 0.1) is 0 Å². The van der Waals surface area contributed by atoms with Gasteiger partial charge < -0.3 is 5.32 Å². The predicted octanol–water partition coefficient (Wildman–Crippen LogP) is 1.70. The number of halogens is 1. The van der Waals surface area contributed by atoms with Gasteiger partial charge in [0.25, 0.3) is 0 Å². The van der Waals surface area contributed by atoms with Gasteiger partial charge in [0, 0.05) is 11.1 Å². The number of rotatable bonds is 5. The molecule has 0 aliphatic rings. The van der Waals surface area contributed by atoms with Gasteiger partial charge in [0.1, 0.15) is 6.42 Å². The number of carbonyl (C=O) groups excluding carboxylic acids is 2. The van der Waals surface area contributed by atoms with Crippen LogP contribution in [-0.4, -0.2) is 24.1 Å². The van der Waals surface area contributed by atoms with E-state index >= 15 is 0 Å². The van der Waals surface area contributed by atoms with Gasteiger partial charge in [-0.05, 0) is 31.5 Å². The van der Waals surface area contributed by atoms with Crippen molar-refractivity contribution in [3.05, 3.63) is 34.9 Å². The Labute approximate surface area is 117 Å². The van der Waals surface area contributed by atoms with E-state index in [2.05, 4.69) is 15.8 Å². The number of amides is 2. The first-order valence-corrected chi connectivity index (χ1v) is 6.22. The number of hydrogen-bond donors (Lipinski definition) is 2. The first kappa shape index (κ1) is 15.2. The Morgan fingerprint density at radius 1 is 1.26 bits per heavy atom. The summed E-state index contributed by atoms with van der Waals surface area (Å²) >= 11 is 5.74. The molecule has 1 rings (SSSR count). The molecular formula is C13H16ClN3O2. The van der Waals surface area contributed by atoms with Crippen LogP contribution in [0.5, 0.6) is 0 Å². The van der Waals surface area contributed by atoms with Crippen molar-refractivity contribution in [2.75, 3.05) is 0 Å². The summed E-state index contributed by atoms with van der Waals surface area (Å²) in [6, 6.07) is 6.99. The highest BCUT2D eigenvalue weighted by Gasteiger charge is 2.08. The van der Waals surface area contributed by atoms with Crippen LogP contribution in [-0.2, 0) is 9.59 Å². The van der Waals surface area contributed by atoms with Gasteiger partial charge in [0.15, 0.2) is 0 Å². The molecule has 0 atom stereocenters. The van der Waals surface area contributed by atoms with Gasteiger partial charge in [-0.2, -0.15) is 5.10 Å². The van der Waals surface area contributed by atoms with Crippen molar-refractivity contribution < 1.29 is 9.59 Å².